The topological polar surface area (TPSA) is 64.4 Å². The summed E-state index contributed by atoms with van der Waals surface area (Å²) >= 11 is 0. The number of methoxy groups -OCH3 is 1. The molecule has 0 spiro atoms. The smallest absolute Gasteiger partial charge is 0.224 e. The van der Waals surface area contributed by atoms with Crippen LogP contribution in [-0.4, -0.2) is 18.0 Å². The highest BCUT2D eigenvalue weighted by molar-refractivity contribution is 5.93. The molecule has 0 bridgehead atoms. The highest BCUT2D eigenvalue weighted by atomic mass is 16.5. The number of oxazole rings is 1. The Kier molecular flexibility index (Phi) is 4.37. The summed E-state index contributed by atoms with van der Waals surface area (Å²) in [6, 6.07) is 11.7. The van der Waals surface area contributed by atoms with E-state index in [0.717, 1.165) is 41.8 Å². The number of carbonyl (C=O) groups is 1. The van der Waals surface area contributed by atoms with Gasteiger partial charge in [-0.2, -0.15) is 0 Å². The molecule has 0 fully saturated rings. The van der Waals surface area contributed by atoms with Crippen LogP contribution in [0.25, 0.3) is 11.1 Å². The fraction of sp³-hybridized carbons (Fsp3) is 0.333. The van der Waals surface area contributed by atoms with E-state index in [2.05, 4.69) is 22.4 Å². The van der Waals surface area contributed by atoms with E-state index >= 15 is 0 Å². The summed E-state index contributed by atoms with van der Waals surface area (Å²) in [5.74, 6) is 1.78. The van der Waals surface area contributed by atoms with Gasteiger partial charge < -0.3 is 14.5 Å². The second kappa shape index (κ2) is 6.83. The standard InChI is InChI=1S/C21H22N2O3/c1-13-22-19-12-16(6-9-20(19)26-13)23-21(24)11-15-5-3-4-14-10-17(25-2)7-8-18(14)15/h6-10,12,15H,3-5,11H2,1-2H3,(H,23,24). The molecule has 5 nitrogen and oxygen atoms in total. The summed E-state index contributed by atoms with van der Waals surface area (Å²) in [5, 5.41) is 3.00. The van der Waals surface area contributed by atoms with Gasteiger partial charge in [0.05, 0.1) is 7.11 Å². The van der Waals surface area contributed by atoms with Crippen LogP contribution in [0.3, 0.4) is 0 Å². The predicted molar refractivity (Wildman–Crippen MR) is 101 cm³/mol. The van der Waals surface area contributed by atoms with Gasteiger partial charge >= 0.3 is 0 Å². The van der Waals surface area contributed by atoms with E-state index in [4.69, 9.17) is 9.15 Å². The van der Waals surface area contributed by atoms with E-state index in [0.29, 0.717) is 12.3 Å². The third-order valence-electron chi connectivity index (χ3n) is 5.00. The first-order chi connectivity index (χ1) is 12.6. The largest absolute Gasteiger partial charge is 0.497 e. The van der Waals surface area contributed by atoms with Crippen LogP contribution < -0.4 is 10.1 Å². The lowest BCUT2D eigenvalue weighted by atomic mass is 9.81. The number of nitrogens with zero attached hydrogens (tertiary/aromatic N) is 1. The number of carbonyl (C=O) groups excluding carboxylic acids is 1. The number of rotatable bonds is 4. The number of aromatic nitrogens is 1. The Morgan fingerprint density at radius 2 is 2.19 bits per heavy atom. The Morgan fingerprint density at radius 1 is 1.31 bits per heavy atom. The Balaban J connectivity index is 1.48. The molecule has 0 saturated heterocycles. The van der Waals surface area contributed by atoms with Crippen molar-refractivity contribution in [2.24, 2.45) is 0 Å². The number of hydrogen-bond donors (Lipinski definition) is 1. The van der Waals surface area contributed by atoms with Gasteiger partial charge in [-0.05, 0) is 66.6 Å². The maximum absolute atomic E-state index is 12.6. The average Bonchev–Trinajstić information content (AvgIpc) is 3.00. The molecule has 2 aromatic carbocycles. The highest BCUT2D eigenvalue weighted by Gasteiger charge is 2.23. The Hall–Kier alpha value is -2.82. The Bertz CT molecular complexity index is 961. The number of aryl methyl sites for hydroxylation is 2. The second-order valence-electron chi connectivity index (χ2n) is 6.82. The molecular formula is C21H22N2O3. The zero-order chi connectivity index (χ0) is 18.1. The molecule has 1 amide bonds. The molecule has 134 valence electrons. The van der Waals surface area contributed by atoms with E-state index in [9.17, 15) is 4.79 Å². The van der Waals surface area contributed by atoms with Gasteiger partial charge in [0.2, 0.25) is 5.91 Å². The lowest BCUT2D eigenvalue weighted by molar-refractivity contribution is -0.116. The molecule has 0 radical (unpaired) electrons. The van der Waals surface area contributed by atoms with Crippen LogP contribution in [0.15, 0.2) is 40.8 Å². The first-order valence-corrected chi connectivity index (χ1v) is 8.96. The van der Waals surface area contributed by atoms with Crippen molar-refractivity contribution in [2.45, 2.75) is 38.5 Å². The lowest BCUT2D eigenvalue weighted by Gasteiger charge is -2.25. The van der Waals surface area contributed by atoms with E-state index in [1.54, 1.807) is 7.11 Å². The first kappa shape index (κ1) is 16.6. The third kappa shape index (κ3) is 3.29. The molecule has 1 unspecified atom stereocenters. The Morgan fingerprint density at radius 3 is 3.04 bits per heavy atom. The molecule has 1 aliphatic rings. The van der Waals surface area contributed by atoms with Gasteiger partial charge in [-0.25, -0.2) is 4.98 Å². The number of benzene rings is 2. The molecule has 1 aliphatic carbocycles. The van der Waals surface area contributed by atoms with E-state index in [1.807, 2.05) is 31.2 Å². The van der Waals surface area contributed by atoms with Gasteiger partial charge in [-0.3, -0.25) is 4.79 Å². The highest BCUT2D eigenvalue weighted by Crippen LogP contribution is 2.36. The van der Waals surface area contributed by atoms with Crippen molar-refractivity contribution in [1.82, 2.24) is 4.98 Å². The third-order valence-corrected chi connectivity index (χ3v) is 5.00. The monoisotopic (exact) mass is 350 g/mol. The van der Waals surface area contributed by atoms with Gasteiger partial charge in [0, 0.05) is 19.0 Å². The summed E-state index contributed by atoms with van der Waals surface area (Å²) in [5.41, 5.74) is 4.82. The van der Waals surface area contributed by atoms with Crippen LogP contribution in [0.2, 0.25) is 0 Å². The van der Waals surface area contributed by atoms with Crippen molar-refractivity contribution < 1.29 is 13.9 Å². The summed E-state index contributed by atoms with van der Waals surface area (Å²) in [4.78, 5) is 16.9. The lowest BCUT2D eigenvalue weighted by Crippen LogP contribution is -2.19. The molecule has 1 atom stereocenters. The minimum Gasteiger partial charge on any atom is -0.497 e. The van der Waals surface area contributed by atoms with Crippen molar-refractivity contribution in [1.29, 1.82) is 0 Å². The maximum Gasteiger partial charge on any atom is 0.224 e. The summed E-state index contributed by atoms with van der Waals surface area (Å²) < 4.78 is 10.8. The van der Waals surface area contributed by atoms with Crippen LogP contribution >= 0.6 is 0 Å². The predicted octanol–water partition coefficient (Wildman–Crippen LogP) is 4.59. The molecule has 5 heteroatoms. The van der Waals surface area contributed by atoms with Crippen molar-refractivity contribution >= 4 is 22.7 Å². The average molecular weight is 350 g/mol. The number of amides is 1. The van der Waals surface area contributed by atoms with Crippen LogP contribution in [0, 0.1) is 6.92 Å². The SMILES string of the molecule is COc1ccc2c(c1)CCCC2CC(=O)Nc1ccc2oc(C)nc2c1. The van der Waals surface area contributed by atoms with E-state index < -0.39 is 0 Å². The number of fused-ring (bicyclic) bond motifs is 2. The number of hydrogen-bond acceptors (Lipinski definition) is 4. The van der Waals surface area contributed by atoms with Crippen molar-refractivity contribution in [2.75, 3.05) is 12.4 Å². The van der Waals surface area contributed by atoms with Gasteiger partial charge in [0.25, 0.3) is 0 Å². The van der Waals surface area contributed by atoms with E-state index in [1.165, 1.54) is 11.1 Å². The molecule has 0 saturated carbocycles. The molecule has 3 aromatic rings. The molecule has 1 aromatic heterocycles. The number of nitrogens with one attached hydrogen (secondary N) is 1. The minimum absolute atomic E-state index is 0.0261. The summed E-state index contributed by atoms with van der Waals surface area (Å²) in [7, 11) is 1.68. The van der Waals surface area contributed by atoms with Crippen LogP contribution in [0.4, 0.5) is 5.69 Å². The van der Waals surface area contributed by atoms with Gasteiger partial charge in [0.15, 0.2) is 11.5 Å². The van der Waals surface area contributed by atoms with Gasteiger partial charge in [0.1, 0.15) is 11.3 Å². The van der Waals surface area contributed by atoms with Crippen molar-refractivity contribution in [3.8, 4) is 5.75 Å². The maximum atomic E-state index is 12.6. The van der Waals surface area contributed by atoms with Crippen LogP contribution in [0.1, 0.15) is 42.2 Å². The Labute approximate surface area is 152 Å². The quantitative estimate of drug-likeness (QED) is 0.747. The second-order valence-corrected chi connectivity index (χ2v) is 6.82. The number of ether oxygens (including phenoxy) is 1. The van der Waals surface area contributed by atoms with Crippen molar-refractivity contribution in [3.05, 3.63) is 53.4 Å². The van der Waals surface area contributed by atoms with E-state index in [-0.39, 0.29) is 11.8 Å². The fourth-order valence-corrected chi connectivity index (χ4v) is 3.79. The van der Waals surface area contributed by atoms with Gasteiger partial charge in [-0.15, -0.1) is 0 Å². The molecule has 26 heavy (non-hydrogen) atoms. The fourth-order valence-electron chi connectivity index (χ4n) is 3.79. The normalized spacial score (nSPS) is 16.3. The molecule has 4 rings (SSSR count). The van der Waals surface area contributed by atoms with Crippen molar-refractivity contribution in [3.63, 3.8) is 0 Å². The zero-order valence-corrected chi connectivity index (χ0v) is 15.0. The summed E-state index contributed by atoms with van der Waals surface area (Å²) in [6.07, 6.45) is 3.67. The molecule has 0 aliphatic heterocycles. The van der Waals surface area contributed by atoms with Crippen LogP contribution in [0.5, 0.6) is 5.75 Å². The van der Waals surface area contributed by atoms with Gasteiger partial charge in [-0.1, -0.05) is 6.07 Å². The van der Waals surface area contributed by atoms with Crippen LogP contribution in [-0.2, 0) is 11.2 Å². The zero-order valence-electron chi connectivity index (χ0n) is 15.0. The molecule has 1 N–H and O–H groups in total. The number of anilines is 1. The first-order valence-electron chi connectivity index (χ1n) is 8.96. The minimum atomic E-state index is 0.0261. The molecular weight excluding hydrogens is 328 g/mol. The molecule has 1 heterocycles. The summed E-state index contributed by atoms with van der Waals surface area (Å²) in [6.45, 7) is 1.81.